The molecule has 0 aliphatic carbocycles. The fourth-order valence-electron chi connectivity index (χ4n) is 2.37. The number of alkyl carbamates (subject to hydrolysis) is 1. The lowest BCUT2D eigenvalue weighted by atomic mass is 9.98. The van der Waals surface area contributed by atoms with Crippen LogP contribution in [0.5, 0.6) is 0 Å². The topological polar surface area (TPSA) is 38.3 Å². The van der Waals surface area contributed by atoms with Crippen LogP contribution in [-0.2, 0) is 4.74 Å². The molecular weight excluding hydrogens is 327 g/mol. The maximum absolute atomic E-state index is 12.2. The molecule has 0 saturated heterocycles. The minimum atomic E-state index is -4.55. The van der Waals surface area contributed by atoms with Crippen LogP contribution in [0, 0.1) is 0 Å². The molecule has 1 amide bonds. The van der Waals surface area contributed by atoms with Gasteiger partial charge in [-0.1, -0.05) is 48.2 Å². The van der Waals surface area contributed by atoms with E-state index in [1.165, 1.54) is 0 Å². The second-order valence-corrected chi connectivity index (χ2v) is 6.03. The standard InChI is InChI=1S/C16H12F3NO2S/c17-16(18,19)9-22-15(21)20-14-10-5-1-3-7-12(10)23-13-8-4-2-6-11(13)14/h1-8,14H,9H2,(H,20,21). The first-order valence-electron chi connectivity index (χ1n) is 6.80. The van der Waals surface area contributed by atoms with Crippen molar-refractivity contribution >= 4 is 17.9 Å². The van der Waals surface area contributed by atoms with Crippen LogP contribution in [0.1, 0.15) is 17.2 Å². The number of rotatable bonds is 2. The van der Waals surface area contributed by atoms with Crippen LogP contribution in [0.4, 0.5) is 18.0 Å². The molecule has 23 heavy (non-hydrogen) atoms. The molecular formula is C16H12F3NO2S. The number of benzene rings is 2. The van der Waals surface area contributed by atoms with Gasteiger partial charge in [0.1, 0.15) is 0 Å². The molecule has 1 aliphatic rings. The second-order valence-electron chi connectivity index (χ2n) is 4.95. The summed E-state index contributed by atoms with van der Waals surface area (Å²) in [4.78, 5) is 13.6. The van der Waals surface area contributed by atoms with Crippen LogP contribution in [0.2, 0.25) is 0 Å². The number of fused-ring (bicyclic) bond motifs is 2. The van der Waals surface area contributed by atoms with Gasteiger partial charge in [0.25, 0.3) is 0 Å². The van der Waals surface area contributed by atoms with E-state index >= 15 is 0 Å². The molecule has 3 nitrogen and oxygen atoms in total. The Morgan fingerprint density at radius 2 is 1.57 bits per heavy atom. The lowest BCUT2D eigenvalue weighted by Gasteiger charge is -2.28. The Morgan fingerprint density at radius 1 is 1.04 bits per heavy atom. The summed E-state index contributed by atoms with van der Waals surface area (Å²) in [5.41, 5.74) is 1.67. The van der Waals surface area contributed by atoms with Gasteiger partial charge in [-0.25, -0.2) is 4.79 Å². The van der Waals surface area contributed by atoms with Crippen molar-refractivity contribution in [3.63, 3.8) is 0 Å². The average molecular weight is 339 g/mol. The normalized spacial score (nSPS) is 13.9. The SMILES string of the molecule is O=C(NC1c2ccccc2Sc2ccccc21)OCC(F)(F)F. The highest BCUT2D eigenvalue weighted by Crippen LogP contribution is 2.44. The number of hydrogen-bond donors (Lipinski definition) is 1. The van der Waals surface area contributed by atoms with E-state index in [9.17, 15) is 18.0 Å². The first kappa shape index (κ1) is 15.7. The molecule has 0 bridgehead atoms. The molecule has 0 radical (unpaired) electrons. The zero-order chi connectivity index (χ0) is 16.4. The van der Waals surface area contributed by atoms with Gasteiger partial charge >= 0.3 is 12.3 Å². The van der Waals surface area contributed by atoms with Crippen molar-refractivity contribution in [1.29, 1.82) is 0 Å². The molecule has 0 unspecified atom stereocenters. The first-order valence-corrected chi connectivity index (χ1v) is 7.61. The molecule has 1 aliphatic heterocycles. The largest absolute Gasteiger partial charge is 0.440 e. The molecule has 2 aromatic rings. The van der Waals surface area contributed by atoms with Crippen molar-refractivity contribution in [2.45, 2.75) is 22.0 Å². The number of nitrogens with one attached hydrogen (secondary N) is 1. The van der Waals surface area contributed by atoms with Crippen LogP contribution in [0.25, 0.3) is 0 Å². The molecule has 120 valence electrons. The lowest BCUT2D eigenvalue weighted by Crippen LogP contribution is -2.33. The van der Waals surface area contributed by atoms with E-state index in [-0.39, 0.29) is 0 Å². The molecule has 3 rings (SSSR count). The quantitative estimate of drug-likeness (QED) is 0.874. The monoisotopic (exact) mass is 339 g/mol. The van der Waals surface area contributed by atoms with Gasteiger partial charge in [0.15, 0.2) is 6.61 Å². The van der Waals surface area contributed by atoms with E-state index in [4.69, 9.17) is 0 Å². The van der Waals surface area contributed by atoms with Gasteiger partial charge in [-0.2, -0.15) is 13.2 Å². The van der Waals surface area contributed by atoms with Crippen LogP contribution in [0.15, 0.2) is 58.3 Å². The molecule has 0 atom stereocenters. The van der Waals surface area contributed by atoms with Gasteiger partial charge in [-0.15, -0.1) is 0 Å². The third kappa shape index (κ3) is 3.61. The van der Waals surface area contributed by atoms with Gasteiger partial charge in [-0.05, 0) is 23.3 Å². The molecule has 0 saturated carbocycles. The van der Waals surface area contributed by atoms with Crippen molar-refractivity contribution in [3.05, 3.63) is 59.7 Å². The third-order valence-electron chi connectivity index (χ3n) is 3.31. The van der Waals surface area contributed by atoms with E-state index in [1.54, 1.807) is 11.8 Å². The number of carbonyl (C=O) groups excluding carboxylic acids is 1. The van der Waals surface area contributed by atoms with Crippen LogP contribution in [-0.4, -0.2) is 18.9 Å². The summed E-state index contributed by atoms with van der Waals surface area (Å²) in [6.45, 7) is -1.61. The van der Waals surface area contributed by atoms with Gasteiger partial charge in [0, 0.05) is 9.79 Å². The van der Waals surface area contributed by atoms with E-state index in [0.29, 0.717) is 0 Å². The van der Waals surface area contributed by atoms with E-state index in [2.05, 4.69) is 10.1 Å². The predicted molar refractivity (Wildman–Crippen MR) is 79.4 cm³/mol. The minimum absolute atomic E-state index is 0.538. The number of amides is 1. The third-order valence-corrected chi connectivity index (χ3v) is 4.49. The number of hydrogen-bond acceptors (Lipinski definition) is 3. The number of carbonyl (C=O) groups is 1. The maximum Gasteiger partial charge on any atom is 0.422 e. The Bertz CT molecular complexity index is 688. The fourth-order valence-corrected chi connectivity index (χ4v) is 3.51. The zero-order valence-corrected chi connectivity index (χ0v) is 12.6. The highest BCUT2D eigenvalue weighted by molar-refractivity contribution is 7.99. The smallest absolute Gasteiger partial charge is 0.422 e. The van der Waals surface area contributed by atoms with E-state index < -0.39 is 24.9 Å². The molecule has 7 heteroatoms. The molecule has 1 N–H and O–H groups in total. The first-order chi connectivity index (χ1) is 10.9. The van der Waals surface area contributed by atoms with Crippen LogP contribution < -0.4 is 5.32 Å². The van der Waals surface area contributed by atoms with Crippen molar-refractivity contribution in [2.24, 2.45) is 0 Å². The summed E-state index contributed by atoms with van der Waals surface area (Å²) >= 11 is 1.56. The maximum atomic E-state index is 12.2. The summed E-state index contributed by atoms with van der Waals surface area (Å²) in [5.74, 6) is 0. The second kappa shape index (κ2) is 6.16. The van der Waals surface area contributed by atoms with Crippen LogP contribution in [0.3, 0.4) is 0 Å². The number of halogens is 3. The Labute approximate surface area is 134 Å². The highest BCUT2D eigenvalue weighted by atomic mass is 32.2. The number of ether oxygens (including phenoxy) is 1. The molecule has 0 fully saturated rings. The van der Waals surface area contributed by atoms with E-state index in [0.717, 1.165) is 20.9 Å². The Balaban J connectivity index is 1.85. The molecule has 0 aromatic heterocycles. The van der Waals surface area contributed by atoms with Crippen LogP contribution >= 0.6 is 11.8 Å². The molecule has 1 heterocycles. The van der Waals surface area contributed by atoms with Gasteiger partial charge in [-0.3, -0.25) is 0 Å². The Kier molecular flexibility index (Phi) is 4.21. The lowest BCUT2D eigenvalue weighted by molar-refractivity contribution is -0.160. The summed E-state index contributed by atoms with van der Waals surface area (Å²) in [7, 11) is 0. The zero-order valence-electron chi connectivity index (χ0n) is 11.8. The van der Waals surface area contributed by atoms with Gasteiger partial charge in [0.2, 0.25) is 0 Å². The molecule has 0 spiro atoms. The van der Waals surface area contributed by atoms with Gasteiger partial charge < -0.3 is 10.1 Å². The predicted octanol–water partition coefficient (Wildman–Crippen LogP) is 4.53. The number of alkyl halides is 3. The van der Waals surface area contributed by atoms with Crippen molar-refractivity contribution < 1.29 is 22.7 Å². The van der Waals surface area contributed by atoms with Crippen molar-refractivity contribution in [2.75, 3.05) is 6.61 Å². The Morgan fingerprint density at radius 3 is 2.09 bits per heavy atom. The average Bonchev–Trinajstić information content (AvgIpc) is 2.52. The Hall–Kier alpha value is -2.15. The van der Waals surface area contributed by atoms with Crippen molar-refractivity contribution in [3.8, 4) is 0 Å². The van der Waals surface area contributed by atoms with E-state index in [1.807, 2.05) is 48.5 Å². The van der Waals surface area contributed by atoms with Crippen molar-refractivity contribution in [1.82, 2.24) is 5.32 Å². The minimum Gasteiger partial charge on any atom is -0.440 e. The molecule has 2 aromatic carbocycles. The fraction of sp³-hybridized carbons (Fsp3) is 0.188. The summed E-state index contributed by atoms with van der Waals surface area (Å²) in [6.07, 6.45) is -5.64. The summed E-state index contributed by atoms with van der Waals surface area (Å²) < 4.78 is 40.8. The van der Waals surface area contributed by atoms with Gasteiger partial charge in [0.05, 0.1) is 6.04 Å². The highest BCUT2D eigenvalue weighted by Gasteiger charge is 2.31. The summed E-state index contributed by atoms with van der Waals surface area (Å²) in [6, 6.07) is 14.4. The summed E-state index contributed by atoms with van der Waals surface area (Å²) in [5, 5.41) is 2.53.